The van der Waals surface area contributed by atoms with Crippen molar-refractivity contribution in [1.29, 1.82) is 0 Å². The topological polar surface area (TPSA) is 75.6 Å². The lowest BCUT2D eigenvalue weighted by atomic mass is 9.82. The third-order valence-electron chi connectivity index (χ3n) is 4.53. The fourth-order valence-electron chi connectivity index (χ4n) is 3.28. The van der Waals surface area contributed by atoms with E-state index in [4.69, 9.17) is 4.74 Å². The van der Waals surface area contributed by atoms with Crippen LogP contribution >= 0.6 is 0 Å². The van der Waals surface area contributed by atoms with Crippen LogP contribution in [0.2, 0.25) is 0 Å². The molecule has 3 rings (SSSR count). The number of rotatable bonds is 6. The zero-order chi connectivity index (χ0) is 16.4. The predicted octanol–water partition coefficient (Wildman–Crippen LogP) is 2.62. The first-order chi connectivity index (χ1) is 11.1. The number of aliphatic carboxylic acids is 1. The zero-order valence-electron chi connectivity index (χ0n) is 13.1. The van der Waals surface area contributed by atoms with Gasteiger partial charge in [-0.2, -0.15) is 0 Å². The van der Waals surface area contributed by atoms with Crippen molar-refractivity contribution in [1.82, 2.24) is 0 Å². The summed E-state index contributed by atoms with van der Waals surface area (Å²) in [6.45, 7) is 2.15. The predicted molar refractivity (Wildman–Crippen MR) is 86.1 cm³/mol. The third kappa shape index (κ3) is 3.15. The summed E-state index contributed by atoms with van der Waals surface area (Å²) in [7, 11) is 0. The molecular formula is C18H21NO4. The van der Waals surface area contributed by atoms with E-state index in [0.717, 1.165) is 19.3 Å². The van der Waals surface area contributed by atoms with E-state index in [1.807, 2.05) is 24.3 Å². The molecule has 0 unspecified atom stereocenters. The molecule has 2 aliphatic heterocycles. The molecule has 1 fully saturated rings. The largest absolute Gasteiger partial charge is 0.481 e. The molecule has 122 valence electrons. The van der Waals surface area contributed by atoms with Gasteiger partial charge in [-0.15, -0.1) is 0 Å². The van der Waals surface area contributed by atoms with E-state index in [2.05, 4.69) is 12.2 Å². The Morgan fingerprint density at radius 1 is 1.13 bits per heavy atom. The maximum Gasteiger partial charge on any atom is 0.310 e. The van der Waals surface area contributed by atoms with Crippen LogP contribution in [-0.2, 0) is 20.7 Å². The van der Waals surface area contributed by atoms with Crippen LogP contribution in [0, 0.1) is 11.8 Å². The van der Waals surface area contributed by atoms with Crippen molar-refractivity contribution >= 4 is 17.6 Å². The molecule has 1 saturated heterocycles. The van der Waals surface area contributed by atoms with E-state index in [9.17, 15) is 14.7 Å². The van der Waals surface area contributed by atoms with Crippen LogP contribution in [0.4, 0.5) is 5.69 Å². The van der Waals surface area contributed by atoms with Crippen molar-refractivity contribution in [3.63, 3.8) is 0 Å². The molecule has 0 spiro atoms. The molecule has 0 radical (unpaired) electrons. The van der Waals surface area contributed by atoms with Gasteiger partial charge in [0.15, 0.2) is 0 Å². The number of hydrogen-bond donors (Lipinski definition) is 2. The molecular weight excluding hydrogens is 294 g/mol. The molecule has 2 heterocycles. The van der Waals surface area contributed by atoms with Gasteiger partial charge in [-0.1, -0.05) is 37.6 Å². The van der Waals surface area contributed by atoms with Crippen LogP contribution in [0.5, 0.6) is 0 Å². The summed E-state index contributed by atoms with van der Waals surface area (Å²) < 4.78 is 5.53. The number of hydrogen-bond acceptors (Lipinski definition) is 3. The monoisotopic (exact) mass is 315 g/mol. The van der Waals surface area contributed by atoms with Crippen molar-refractivity contribution in [2.75, 3.05) is 5.32 Å². The summed E-state index contributed by atoms with van der Waals surface area (Å²) in [6.07, 6.45) is 5.89. The molecule has 23 heavy (non-hydrogen) atoms. The molecule has 0 aromatic heterocycles. The van der Waals surface area contributed by atoms with Gasteiger partial charge >= 0.3 is 5.97 Å². The van der Waals surface area contributed by atoms with E-state index in [1.165, 1.54) is 5.56 Å². The molecule has 5 heteroatoms. The number of unbranched alkanes of at least 4 members (excludes halogenated alkanes) is 1. The molecule has 1 amide bonds. The van der Waals surface area contributed by atoms with Crippen molar-refractivity contribution in [3.8, 4) is 0 Å². The van der Waals surface area contributed by atoms with E-state index in [-0.39, 0.29) is 5.91 Å². The second kappa shape index (κ2) is 6.54. The Morgan fingerprint density at radius 2 is 1.78 bits per heavy atom. The lowest BCUT2D eigenvalue weighted by molar-refractivity contribution is -0.145. The Labute approximate surface area is 135 Å². The second-order valence-electron chi connectivity index (χ2n) is 6.13. The van der Waals surface area contributed by atoms with Gasteiger partial charge in [0.2, 0.25) is 5.91 Å². The summed E-state index contributed by atoms with van der Waals surface area (Å²) in [5.74, 6) is -2.77. The van der Waals surface area contributed by atoms with Crippen molar-refractivity contribution in [2.24, 2.45) is 11.8 Å². The summed E-state index contributed by atoms with van der Waals surface area (Å²) in [5.41, 5.74) is 1.92. The Bertz CT molecular complexity index is 622. The molecule has 4 atom stereocenters. The smallest absolute Gasteiger partial charge is 0.310 e. The normalized spacial score (nSPS) is 28.0. The maximum absolute atomic E-state index is 12.5. The van der Waals surface area contributed by atoms with Gasteiger partial charge < -0.3 is 15.2 Å². The highest BCUT2D eigenvalue weighted by Crippen LogP contribution is 2.39. The number of fused-ring (bicyclic) bond motifs is 2. The lowest BCUT2D eigenvalue weighted by Gasteiger charge is -2.21. The van der Waals surface area contributed by atoms with Gasteiger partial charge in [0.1, 0.15) is 5.92 Å². The third-order valence-corrected chi connectivity index (χ3v) is 4.53. The number of amides is 1. The number of ether oxygens (including phenoxy) is 1. The van der Waals surface area contributed by atoms with E-state index in [0.29, 0.717) is 5.69 Å². The van der Waals surface area contributed by atoms with Crippen LogP contribution in [0.15, 0.2) is 36.4 Å². The van der Waals surface area contributed by atoms with Crippen molar-refractivity contribution in [3.05, 3.63) is 42.0 Å². The highest BCUT2D eigenvalue weighted by Gasteiger charge is 2.53. The second-order valence-corrected chi connectivity index (χ2v) is 6.13. The Balaban J connectivity index is 1.67. The van der Waals surface area contributed by atoms with Crippen molar-refractivity contribution < 1.29 is 19.4 Å². The Kier molecular flexibility index (Phi) is 4.48. The van der Waals surface area contributed by atoms with Crippen LogP contribution in [0.1, 0.15) is 25.3 Å². The number of aryl methyl sites for hydroxylation is 1. The first-order valence-electron chi connectivity index (χ1n) is 8.06. The molecule has 1 aromatic rings. The highest BCUT2D eigenvalue weighted by atomic mass is 16.5. The van der Waals surface area contributed by atoms with Gasteiger partial charge in [-0.25, -0.2) is 0 Å². The average Bonchev–Trinajstić information content (AvgIpc) is 3.15. The first-order valence-corrected chi connectivity index (χ1v) is 8.06. The minimum atomic E-state index is -0.989. The minimum Gasteiger partial charge on any atom is -0.481 e. The van der Waals surface area contributed by atoms with E-state index in [1.54, 1.807) is 12.2 Å². The fourth-order valence-corrected chi connectivity index (χ4v) is 3.28. The minimum absolute atomic E-state index is 0.296. The van der Waals surface area contributed by atoms with Crippen LogP contribution in [0.3, 0.4) is 0 Å². The highest BCUT2D eigenvalue weighted by molar-refractivity contribution is 5.96. The SMILES string of the molecule is CCCCc1ccc(NC(=O)[C@H]2[C@@H](C(=O)O)[C@@H]3C=C[C@@H]2O3)cc1. The Morgan fingerprint density at radius 3 is 2.39 bits per heavy atom. The average molecular weight is 315 g/mol. The van der Waals surface area contributed by atoms with E-state index >= 15 is 0 Å². The van der Waals surface area contributed by atoms with Gasteiger partial charge in [-0.3, -0.25) is 9.59 Å². The fraction of sp³-hybridized carbons (Fsp3) is 0.444. The standard InChI is InChI=1S/C18H21NO4/c1-2-3-4-11-5-7-12(8-6-11)19-17(20)15-13-9-10-14(23-13)16(15)18(21)22/h5-10,13-16H,2-4H2,1H3,(H,19,20)(H,21,22)/t13-,14-,15+,16-/m0/s1. The number of carboxylic acids is 1. The number of carbonyl (C=O) groups excluding carboxylic acids is 1. The first kappa shape index (κ1) is 15.7. The quantitative estimate of drug-likeness (QED) is 0.791. The van der Waals surface area contributed by atoms with Gasteiger partial charge in [0.25, 0.3) is 0 Å². The van der Waals surface area contributed by atoms with Crippen LogP contribution in [0.25, 0.3) is 0 Å². The van der Waals surface area contributed by atoms with Gasteiger partial charge in [0, 0.05) is 5.69 Å². The molecule has 5 nitrogen and oxygen atoms in total. The maximum atomic E-state index is 12.5. The number of carboxylic acid groups (broad SMARTS) is 1. The Hall–Kier alpha value is -2.14. The number of carbonyl (C=O) groups is 2. The molecule has 0 aliphatic carbocycles. The zero-order valence-corrected chi connectivity index (χ0v) is 13.1. The van der Waals surface area contributed by atoms with Crippen LogP contribution < -0.4 is 5.32 Å². The molecule has 2 N–H and O–H groups in total. The summed E-state index contributed by atoms with van der Waals surface area (Å²) in [6, 6.07) is 7.72. The number of anilines is 1. The van der Waals surface area contributed by atoms with E-state index < -0.39 is 30.0 Å². The van der Waals surface area contributed by atoms with Crippen LogP contribution in [-0.4, -0.2) is 29.2 Å². The lowest BCUT2D eigenvalue weighted by Crippen LogP contribution is -2.39. The van der Waals surface area contributed by atoms with Crippen molar-refractivity contribution in [2.45, 2.75) is 38.4 Å². The summed E-state index contributed by atoms with van der Waals surface area (Å²) >= 11 is 0. The molecule has 0 saturated carbocycles. The summed E-state index contributed by atoms with van der Waals surface area (Å²) in [4.78, 5) is 23.9. The van der Waals surface area contributed by atoms with Gasteiger partial charge in [0.05, 0.1) is 18.1 Å². The summed E-state index contributed by atoms with van der Waals surface area (Å²) in [5, 5.41) is 12.2. The molecule has 2 bridgehead atoms. The molecule has 2 aliphatic rings. The molecule has 1 aromatic carbocycles. The number of benzene rings is 1. The van der Waals surface area contributed by atoms with Gasteiger partial charge in [-0.05, 0) is 30.5 Å². The number of nitrogens with one attached hydrogen (secondary N) is 1.